The van der Waals surface area contributed by atoms with Crippen molar-refractivity contribution in [3.05, 3.63) is 71.0 Å². The SMILES string of the molecule is Cc1cccc2c1CCN(C)C2c1ccc2cccc-2o1. The van der Waals surface area contributed by atoms with E-state index in [1.54, 1.807) is 0 Å². The highest BCUT2D eigenvalue weighted by Crippen LogP contribution is 2.37. The lowest BCUT2D eigenvalue weighted by molar-refractivity contribution is 0.234. The van der Waals surface area contributed by atoms with Crippen LogP contribution >= 0.6 is 0 Å². The van der Waals surface area contributed by atoms with Crippen molar-refractivity contribution < 1.29 is 4.42 Å². The van der Waals surface area contributed by atoms with E-state index < -0.39 is 0 Å². The second-order valence-electron chi connectivity index (χ2n) is 5.96. The van der Waals surface area contributed by atoms with Crippen LogP contribution in [0.1, 0.15) is 28.5 Å². The Bertz CT molecular complexity index is 758. The van der Waals surface area contributed by atoms with Gasteiger partial charge in [-0.1, -0.05) is 30.3 Å². The van der Waals surface area contributed by atoms with Crippen LogP contribution < -0.4 is 0 Å². The van der Waals surface area contributed by atoms with Crippen molar-refractivity contribution >= 4 is 0 Å². The van der Waals surface area contributed by atoms with Crippen molar-refractivity contribution in [1.82, 2.24) is 4.90 Å². The molecule has 0 bridgehead atoms. The first-order valence-corrected chi connectivity index (χ1v) is 7.51. The van der Waals surface area contributed by atoms with Gasteiger partial charge in [-0.25, -0.2) is 0 Å². The highest BCUT2D eigenvalue weighted by Gasteiger charge is 2.29. The van der Waals surface area contributed by atoms with Crippen LogP contribution in [0.5, 0.6) is 0 Å². The van der Waals surface area contributed by atoms with Gasteiger partial charge in [0.2, 0.25) is 0 Å². The molecule has 0 fully saturated rings. The van der Waals surface area contributed by atoms with Gasteiger partial charge in [0.25, 0.3) is 0 Å². The first-order valence-electron chi connectivity index (χ1n) is 7.51. The molecule has 21 heavy (non-hydrogen) atoms. The Labute approximate surface area is 125 Å². The smallest absolute Gasteiger partial charge is 0.134 e. The van der Waals surface area contributed by atoms with E-state index in [2.05, 4.69) is 55.3 Å². The summed E-state index contributed by atoms with van der Waals surface area (Å²) in [6.45, 7) is 3.27. The van der Waals surface area contributed by atoms with Crippen molar-refractivity contribution in [3.8, 4) is 11.3 Å². The highest BCUT2D eigenvalue weighted by atomic mass is 16.3. The van der Waals surface area contributed by atoms with E-state index in [9.17, 15) is 0 Å². The number of hydrogen-bond acceptors (Lipinski definition) is 2. The van der Waals surface area contributed by atoms with Crippen LogP contribution in [0.25, 0.3) is 11.3 Å². The largest absolute Gasteiger partial charge is 0.459 e. The molecule has 1 unspecified atom stereocenters. The van der Waals surface area contributed by atoms with Gasteiger partial charge in [0.05, 0.1) is 6.04 Å². The molecule has 2 heteroatoms. The van der Waals surface area contributed by atoms with Crippen molar-refractivity contribution in [1.29, 1.82) is 0 Å². The molecule has 1 aromatic carbocycles. The molecule has 2 aliphatic heterocycles. The third-order valence-electron chi connectivity index (χ3n) is 4.63. The minimum atomic E-state index is 0.216. The van der Waals surface area contributed by atoms with Crippen LogP contribution in [0.2, 0.25) is 0 Å². The molecule has 0 saturated heterocycles. The lowest BCUT2D eigenvalue weighted by Crippen LogP contribution is -2.33. The number of fused-ring (bicyclic) bond motifs is 2. The van der Waals surface area contributed by atoms with E-state index in [-0.39, 0.29) is 6.04 Å². The molecule has 2 nitrogen and oxygen atoms in total. The average Bonchev–Trinajstić information content (AvgIpc) is 2.94. The summed E-state index contributed by atoms with van der Waals surface area (Å²) in [7, 11) is 2.18. The first-order chi connectivity index (χ1) is 10.2. The number of rotatable bonds is 1. The van der Waals surface area contributed by atoms with Crippen LogP contribution in [0.3, 0.4) is 0 Å². The first kappa shape index (κ1) is 12.7. The molecule has 1 aliphatic carbocycles. The van der Waals surface area contributed by atoms with Crippen molar-refractivity contribution in [2.75, 3.05) is 13.6 Å². The van der Waals surface area contributed by atoms with Gasteiger partial charge in [-0.05, 0) is 55.3 Å². The third kappa shape index (κ3) is 1.98. The van der Waals surface area contributed by atoms with Gasteiger partial charge in [0, 0.05) is 12.1 Å². The lowest BCUT2D eigenvalue weighted by atomic mass is 9.88. The Kier molecular flexibility index (Phi) is 2.86. The van der Waals surface area contributed by atoms with Crippen LogP contribution in [0, 0.1) is 6.92 Å². The molecule has 0 N–H and O–H groups in total. The van der Waals surface area contributed by atoms with E-state index in [1.165, 1.54) is 22.3 Å². The highest BCUT2D eigenvalue weighted by molar-refractivity contribution is 5.60. The molecule has 1 aromatic rings. The molecule has 1 atom stereocenters. The molecule has 0 saturated carbocycles. The monoisotopic (exact) mass is 277 g/mol. The molecule has 0 aromatic heterocycles. The zero-order valence-corrected chi connectivity index (χ0v) is 12.5. The second-order valence-corrected chi connectivity index (χ2v) is 5.96. The van der Waals surface area contributed by atoms with E-state index in [0.29, 0.717) is 0 Å². The molecule has 0 spiro atoms. The predicted molar refractivity (Wildman–Crippen MR) is 84.7 cm³/mol. The maximum absolute atomic E-state index is 6.17. The maximum Gasteiger partial charge on any atom is 0.134 e. The molecule has 2 heterocycles. The van der Waals surface area contributed by atoms with E-state index >= 15 is 0 Å². The molecule has 0 amide bonds. The molecular formula is C19H19NO. The quantitative estimate of drug-likeness (QED) is 0.660. The van der Waals surface area contributed by atoms with Gasteiger partial charge in [0.1, 0.15) is 11.5 Å². The standard InChI is InChI=1S/C19H19NO/c1-13-5-3-7-16-15(13)11-12-20(2)19(16)18-10-9-14-6-4-8-17(14)21-18/h3-10,19H,11-12H2,1-2H3. The summed E-state index contributed by atoms with van der Waals surface area (Å²) < 4.78 is 6.17. The summed E-state index contributed by atoms with van der Waals surface area (Å²) >= 11 is 0. The summed E-state index contributed by atoms with van der Waals surface area (Å²) in [5.41, 5.74) is 5.43. The van der Waals surface area contributed by atoms with Crippen LogP contribution in [-0.4, -0.2) is 18.5 Å². The number of nitrogens with zero attached hydrogens (tertiary/aromatic N) is 1. The normalized spacial score (nSPS) is 18.9. The van der Waals surface area contributed by atoms with Gasteiger partial charge in [-0.2, -0.15) is 0 Å². The topological polar surface area (TPSA) is 16.4 Å². The van der Waals surface area contributed by atoms with Crippen molar-refractivity contribution in [2.24, 2.45) is 0 Å². The summed E-state index contributed by atoms with van der Waals surface area (Å²) in [4.78, 5) is 2.38. The van der Waals surface area contributed by atoms with Crippen LogP contribution in [0.15, 0.2) is 52.9 Å². The minimum Gasteiger partial charge on any atom is -0.459 e. The van der Waals surface area contributed by atoms with Crippen molar-refractivity contribution in [2.45, 2.75) is 19.4 Å². The number of benzene rings is 1. The fraction of sp³-hybridized carbons (Fsp3) is 0.263. The van der Waals surface area contributed by atoms with Gasteiger partial charge in [0.15, 0.2) is 0 Å². The van der Waals surface area contributed by atoms with Gasteiger partial charge in [-0.15, -0.1) is 0 Å². The number of hydrogen-bond donors (Lipinski definition) is 0. The van der Waals surface area contributed by atoms with Crippen LogP contribution in [0.4, 0.5) is 0 Å². The fourth-order valence-corrected chi connectivity index (χ4v) is 3.48. The predicted octanol–water partition coefficient (Wildman–Crippen LogP) is 4.27. The Balaban J connectivity index is 1.88. The minimum absolute atomic E-state index is 0.216. The van der Waals surface area contributed by atoms with E-state index in [1.807, 2.05) is 12.1 Å². The zero-order valence-electron chi connectivity index (χ0n) is 12.5. The van der Waals surface area contributed by atoms with E-state index in [0.717, 1.165) is 24.5 Å². The van der Waals surface area contributed by atoms with Crippen molar-refractivity contribution in [3.63, 3.8) is 0 Å². The zero-order chi connectivity index (χ0) is 14.4. The molecule has 106 valence electrons. The number of likely N-dealkylation sites (N-methyl/N-ethyl adjacent to an activating group) is 1. The van der Waals surface area contributed by atoms with Gasteiger partial charge >= 0.3 is 0 Å². The molecule has 0 radical (unpaired) electrons. The fourth-order valence-electron chi connectivity index (χ4n) is 3.48. The average molecular weight is 277 g/mol. The van der Waals surface area contributed by atoms with Gasteiger partial charge < -0.3 is 4.42 Å². The summed E-state index contributed by atoms with van der Waals surface area (Å²) in [6, 6.07) is 17.3. The second kappa shape index (κ2) is 4.74. The lowest BCUT2D eigenvalue weighted by Gasteiger charge is -2.34. The number of aryl methyl sites for hydroxylation is 1. The summed E-state index contributed by atoms with van der Waals surface area (Å²) in [5, 5.41) is 0. The molecular weight excluding hydrogens is 258 g/mol. The Morgan fingerprint density at radius 1 is 1.05 bits per heavy atom. The van der Waals surface area contributed by atoms with Crippen LogP contribution in [-0.2, 0) is 6.42 Å². The van der Waals surface area contributed by atoms with E-state index in [4.69, 9.17) is 4.42 Å². The molecule has 4 rings (SSSR count). The Morgan fingerprint density at radius 3 is 2.81 bits per heavy atom. The summed E-state index contributed by atoms with van der Waals surface area (Å²) in [6.07, 6.45) is 1.12. The third-order valence-corrected chi connectivity index (χ3v) is 4.63. The summed E-state index contributed by atoms with van der Waals surface area (Å²) in [5.74, 6) is 2.00. The Morgan fingerprint density at radius 2 is 1.90 bits per heavy atom. The Hall–Kier alpha value is -2.06. The maximum atomic E-state index is 6.17. The molecule has 3 aliphatic rings. The van der Waals surface area contributed by atoms with Gasteiger partial charge in [-0.3, -0.25) is 4.90 Å².